The summed E-state index contributed by atoms with van der Waals surface area (Å²) in [6.07, 6.45) is 0.0814. The summed E-state index contributed by atoms with van der Waals surface area (Å²) in [5.41, 5.74) is 18.2. The van der Waals surface area contributed by atoms with Gasteiger partial charge in [0.2, 0.25) is 0 Å². The molecule has 0 spiro atoms. The molecule has 0 amide bonds. The van der Waals surface area contributed by atoms with E-state index in [2.05, 4.69) is 0 Å². The number of benzene rings is 2. The molecule has 23 heavy (non-hydrogen) atoms. The van der Waals surface area contributed by atoms with Gasteiger partial charge >= 0.3 is 5.97 Å². The highest BCUT2D eigenvalue weighted by atomic mass is 16.4. The second-order valence-corrected chi connectivity index (χ2v) is 5.78. The van der Waals surface area contributed by atoms with E-state index >= 15 is 0 Å². The molecule has 0 aliphatic rings. The highest BCUT2D eigenvalue weighted by Gasteiger charge is 2.49. The molecule has 7 N–H and O–H groups in total. The highest BCUT2D eigenvalue weighted by molar-refractivity contribution is 5.69. The van der Waals surface area contributed by atoms with Gasteiger partial charge in [0.15, 0.2) is 0 Å². The molecule has 0 saturated heterocycles. The topological polar surface area (TPSA) is 115 Å². The van der Waals surface area contributed by atoms with Gasteiger partial charge in [-0.05, 0) is 24.1 Å². The third-order valence-corrected chi connectivity index (χ3v) is 4.34. The highest BCUT2D eigenvalue weighted by Crippen LogP contribution is 2.41. The molecule has 2 atom stereocenters. The number of carboxylic acids is 1. The summed E-state index contributed by atoms with van der Waals surface area (Å²) in [6, 6.07) is 18.5. The Morgan fingerprint density at radius 2 is 1.30 bits per heavy atom. The van der Waals surface area contributed by atoms with Crippen molar-refractivity contribution in [3.8, 4) is 0 Å². The molecule has 0 aromatic heterocycles. The van der Waals surface area contributed by atoms with Crippen molar-refractivity contribution in [2.24, 2.45) is 17.2 Å². The van der Waals surface area contributed by atoms with Crippen LogP contribution >= 0.6 is 0 Å². The normalized spacial score (nSPS) is 16.3. The standard InChI is InChI=1S/C18H23N3O2/c19-12-11-17(20,14-7-3-1-4-8-14)18(21,13-16(22)23)15-9-5-2-6-10-15/h1-10H,11-13,19-21H2,(H,22,23). The van der Waals surface area contributed by atoms with Crippen LogP contribution in [0.4, 0.5) is 0 Å². The molecule has 0 radical (unpaired) electrons. The van der Waals surface area contributed by atoms with Gasteiger partial charge in [-0.15, -0.1) is 0 Å². The van der Waals surface area contributed by atoms with Crippen molar-refractivity contribution in [2.45, 2.75) is 23.9 Å². The number of hydrogen-bond acceptors (Lipinski definition) is 4. The van der Waals surface area contributed by atoms with E-state index in [0.29, 0.717) is 18.5 Å². The van der Waals surface area contributed by atoms with Crippen molar-refractivity contribution in [3.63, 3.8) is 0 Å². The van der Waals surface area contributed by atoms with E-state index in [4.69, 9.17) is 17.2 Å². The average molecular weight is 313 g/mol. The van der Waals surface area contributed by atoms with Gasteiger partial charge in [0.1, 0.15) is 0 Å². The minimum Gasteiger partial charge on any atom is -0.481 e. The van der Waals surface area contributed by atoms with Crippen molar-refractivity contribution in [3.05, 3.63) is 71.8 Å². The quantitative estimate of drug-likeness (QED) is 0.618. The lowest BCUT2D eigenvalue weighted by atomic mass is 9.66. The fourth-order valence-electron chi connectivity index (χ4n) is 3.08. The molecular formula is C18H23N3O2. The van der Waals surface area contributed by atoms with E-state index in [1.165, 1.54) is 0 Å². The third-order valence-electron chi connectivity index (χ3n) is 4.34. The maximum absolute atomic E-state index is 11.5. The Morgan fingerprint density at radius 3 is 1.70 bits per heavy atom. The zero-order valence-electron chi connectivity index (χ0n) is 13.0. The van der Waals surface area contributed by atoms with Crippen molar-refractivity contribution in [1.82, 2.24) is 0 Å². The minimum absolute atomic E-state index is 0.289. The Hall–Kier alpha value is -2.21. The number of nitrogens with two attached hydrogens (primary N) is 3. The molecular weight excluding hydrogens is 290 g/mol. The Kier molecular flexibility index (Phi) is 5.15. The molecule has 0 fully saturated rings. The Bertz CT molecular complexity index is 648. The van der Waals surface area contributed by atoms with Crippen LogP contribution in [0.1, 0.15) is 24.0 Å². The molecule has 2 rings (SSSR count). The summed E-state index contributed by atoms with van der Waals surface area (Å²) in [5, 5.41) is 9.42. The molecule has 0 aliphatic carbocycles. The summed E-state index contributed by atoms with van der Waals surface area (Å²) >= 11 is 0. The fourth-order valence-corrected chi connectivity index (χ4v) is 3.08. The first-order valence-electron chi connectivity index (χ1n) is 7.55. The van der Waals surface area contributed by atoms with Crippen molar-refractivity contribution in [2.75, 3.05) is 6.54 Å². The number of aliphatic carboxylic acids is 1. The number of carboxylic acid groups (broad SMARTS) is 1. The van der Waals surface area contributed by atoms with E-state index in [1.54, 1.807) is 0 Å². The summed E-state index contributed by atoms with van der Waals surface area (Å²) in [6.45, 7) is 0.302. The lowest BCUT2D eigenvalue weighted by Gasteiger charge is -2.46. The molecule has 2 aromatic rings. The molecule has 122 valence electrons. The molecule has 5 nitrogen and oxygen atoms in total. The first kappa shape index (κ1) is 17.1. The third kappa shape index (κ3) is 3.27. The van der Waals surface area contributed by atoms with Crippen LogP contribution in [-0.2, 0) is 15.9 Å². The van der Waals surface area contributed by atoms with Crippen LogP contribution in [0.5, 0.6) is 0 Å². The summed E-state index contributed by atoms with van der Waals surface area (Å²) < 4.78 is 0. The molecule has 0 heterocycles. The molecule has 0 saturated carbocycles. The van der Waals surface area contributed by atoms with E-state index in [-0.39, 0.29) is 6.42 Å². The Morgan fingerprint density at radius 1 is 0.870 bits per heavy atom. The van der Waals surface area contributed by atoms with Crippen molar-refractivity contribution >= 4 is 5.97 Å². The molecule has 2 unspecified atom stereocenters. The second kappa shape index (κ2) is 6.91. The summed E-state index contributed by atoms with van der Waals surface area (Å²) in [7, 11) is 0. The summed E-state index contributed by atoms with van der Waals surface area (Å²) in [4.78, 5) is 11.5. The van der Waals surface area contributed by atoms with Gasteiger partial charge in [-0.2, -0.15) is 0 Å². The second-order valence-electron chi connectivity index (χ2n) is 5.78. The van der Waals surface area contributed by atoms with Crippen LogP contribution in [0.15, 0.2) is 60.7 Å². The zero-order chi connectivity index (χ0) is 16.9. The minimum atomic E-state index is -1.28. The van der Waals surface area contributed by atoms with Crippen LogP contribution in [0.3, 0.4) is 0 Å². The van der Waals surface area contributed by atoms with Gasteiger partial charge in [0, 0.05) is 0 Å². The smallest absolute Gasteiger partial charge is 0.305 e. The van der Waals surface area contributed by atoms with Gasteiger partial charge in [-0.25, -0.2) is 0 Å². The van der Waals surface area contributed by atoms with E-state index in [1.807, 2.05) is 60.7 Å². The first-order valence-corrected chi connectivity index (χ1v) is 7.55. The van der Waals surface area contributed by atoms with E-state index < -0.39 is 17.0 Å². The Labute approximate surface area is 136 Å². The van der Waals surface area contributed by atoms with Gasteiger partial charge in [0.25, 0.3) is 0 Å². The molecule has 2 aromatic carbocycles. The number of hydrogen-bond donors (Lipinski definition) is 4. The monoisotopic (exact) mass is 313 g/mol. The van der Waals surface area contributed by atoms with Crippen LogP contribution in [0, 0.1) is 0 Å². The SMILES string of the molecule is NCCC(N)(c1ccccc1)C(N)(CC(=O)O)c1ccccc1. The van der Waals surface area contributed by atoms with E-state index in [9.17, 15) is 9.90 Å². The maximum atomic E-state index is 11.5. The lowest BCUT2D eigenvalue weighted by molar-refractivity contribution is -0.139. The zero-order valence-corrected chi connectivity index (χ0v) is 13.0. The first-order chi connectivity index (χ1) is 10.9. The molecule has 0 aliphatic heterocycles. The summed E-state index contributed by atoms with van der Waals surface area (Å²) in [5.74, 6) is -1.00. The largest absolute Gasteiger partial charge is 0.481 e. The maximum Gasteiger partial charge on any atom is 0.305 e. The van der Waals surface area contributed by atoms with Crippen LogP contribution in [-0.4, -0.2) is 17.6 Å². The predicted molar refractivity (Wildman–Crippen MR) is 90.5 cm³/mol. The lowest BCUT2D eigenvalue weighted by Crippen LogP contribution is -2.62. The average Bonchev–Trinajstić information content (AvgIpc) is 2.56. The van der Waals surface area contributed by atoms with Gasteiger partial charge in [-0.1, -0.05) is 60.7 Å². The van der Waals surface area contributed by atoms with Crippen molar-refractivity contribution < 1.29 is 9.90 Å². The number of rotatable bonds is 7. The van der Waals surface area contributed by atoms with Crippen LogP contribution in [0.25, 0.3) is 0 Å². The van der Waals surface area contributed by atoms with Gasteiger partial charge in [-0.3, -0.25) is 4.79 Å². The predicted octanol–water partition coefficient (Wildman–Crippen LogP) is 1.52. The molecule has 5 heteroatoms. The van der Waals surface area contributed by atoms with Gasteiger partial charge in [0.05, 0.1) is 17.5 Å². The van der Waals surface area contributed by atoms with Crippen LogP contribution < -0.4 is 17.2 Å². The Balaban J connectivity index is 2.65. The van der Waals surface area contributed by atoms with E-state index in [0.717, 1.165) is 5.56 Å². The van der Waals surface area contributed by atoms with Gasteiger partial charge < -0.3 is 22.3 Å². The molecule has 0 bridgehead atoms. The number of carbonyl (C=O) groups is 1. The van der Waals surface area contributed by atoms with Crippen LogP contribution in [0.2, 0.25) is 0 Å². The van der Waals surface area contributed by atoms with Crippen molar-refractivity contribution in [1.29, 1.82) is 0 Å². The fraction of sp³-hybridized carbons (Fsp3) is 0.278.